The van der Waals surface area contributed by atoms with Crippen molar-refractivity contribution in [2.45, 2.75) is 6.42 Å². The molecule has 3 nitrogen and oxygen atoms in total. The Bertz CT molecular complexity index is 674. The number of aldehydes is 1. The molecule has 0 radical (unpaired) electrons. The fraction of sp³-hybridized carbons (Fsp3) is 0.133. The summed E-state index contributed by atoms with van der Waals surface area (Å²) in [5.41, 5.74) is 2.41. The second kappa shape index (κ2) is 4.18. The molecule has 18 heavy (non-hydrogen) atoms. The zero-order valence-electron chi connectivity index (χ0n) is 9.97. The zero-order chi connectivity index (χ0) is 12.5. The van der Waals surface area contributed by atoms with Crippen molar-refractivity contribution < 1.29 is 13.9 Å². The van der Waals surface area contributed by atoms with Crippen LogP contribution in [0.15, 0.2) is 40.8 Å². The number of benzene rings is 1. The normalized spacial score (nSPS) is 13.9. The molecule has 2 aromatic rings. The molecule has 0 saturated heterocycles. The highest BCUT2D eigenvalue weighted by Gasteiger charge is 2.14. The van der Waals surface area contributed by atoms with Crippen LogP contribution in [0.3, 0.4) is 0 Å². The molecule has 0 saturated carbocycles. The first-order valence-corrected chi connectivity index (χ1v) is 5.74. The van der Waals surface area contributed by atoms with E-state index in [2.05, 4.69) is 6.08 Å². The van der Waals surface area contributed by atoms with Gasteiger partial charge in [-0.05, 0) is 30.2 Å². The van der Waals surface area contributed by atoms with Gasteiger partial charge in [0, 0.05) is 10.9 Å². The first kappa shape index (κ1) is 10.8. The van der Waals surface area contributed by atoms with Gasteiger partial charge in [0.05, 0.1) is 7.11 Å². The van der Waals surface area contributed by atoms with Gasteiger partial charge < -0.3 is 9.15 Å². The third-order valence-corrected chi connectivity index (χ3v) is 3.05. The summed E-state index contributed by atoms with van der Waals surface area (Å²) >= 11 is 0. The van der Waals surface area contributed by atoms with Crippen molar-refractivity contribution in [2.24, 2.45) is 0 Å². The highest BCUT2D eigenvalue weighted by molar-refractivity contribution is 5.92. The van der Waals surface area contributed by atoms with Crippen molar-refractivity contribution in [3.8, 4) is 5.75 Å². The van der Waals surface area contributed by atoms with Crippen LogP contribution in [0.1, 0.15) is 22.5 Å². The Kier molecular flexibility index (Phi) is 2.52. The predicted octanol–water partition coefficient (Wildman–Crippen LogP) is 3.60. The van der Waals surface area contributed by atoms with E-state index in [0.29, 0.717) is 16.9 Å². The molecule has 0 fully saturated rings. The van der Waals surface area contributed by atoms with E-state index in [4.69, 9.17) is 9.15 Å². The van der Waals surface area contributed by atoms with Crippen molar-refractivity contribution >= 4 is 22.8 Å². The van der Waals surface area contributed by atoms with E-state index in [-0.39, 0.29) is 0 Å². The summed E-state index contributed by atoms with van der Waals surface area (Å²) in [5, 5.41) is 0.888. The highest BCUT2D eigenvalue weighted by atomic mass is 16.5. The molecule has 3 heteroatoms. The second-order valence-electron chi connectivity index (χ2n) is 4.19. The van der Waals surface area contributed by atoms with Crippen LogP contribution in [0, 0.1) is 0 Å². The molecule has 1 aliphatic rings. The van der Waals surface area contributed by atoms with Crippen molar-refractivity contribution in [3.05, 3.63) is 47.8 Å². The van der Waals surface area contributed by atoms with Crippen molar-refractivity contribution in [3.63, 3.8) is 0 Å². The van der Waals surface area contributed by atoms with E-state index in [9.17, 15) is 4.79 Å². The van der Waals surface area contributed by atoms with Gasteiger partial charge in [0.25, 0.3) is 0 Å². The summed E-state index contributed by atoms with van der Waals surface area (Å²) in [6.07, 6.45) is 7.81. The first-order chi connectivity index (χ1) is 8.81. The van der Waals surface area contributed by atoms with E-state index >= 15 is 0 Å². The maximum Gasteiger partial charge on any atom is 0.176 e. The van der Waals surface area contributed by atoms with Crippen LogP contribution in [0.4, 0.5) is 0 Å². The minimum atomic E-state index is 0.588. The summed E-state index contributed by atoms with van der Waals surface area (Å²) in [6, 6.07) is 5.44. The number of carbonyl (C=O) groups excluding carboxylic acids is 1. The Morgan fingerprint density at radius 2 is 2.22 bits per heavy atom. The monoisotopic (exact) mass is 240 g/mol. The number of rotatable bonds is 3. The summed E-state index contributed by atoms with van der Waals surface area (Å²) in [7, 11) is 1.57. The van der Waals surface area contributed by atoms with Gasteiger partial charge in [-0.25, -0.2) is 0 Å². The molecule has 1 aromatic carbocycles. The number of furan rings is 1. The Labute approximate surface area is 104 Å². The van der Waals surface area contributed by atoms with E-state index in [1.54, 1.807) is 19.2 Å². The fourth-order valence-electron chi connectivity index (χ4n) is 2.15. The fourth-order valence-corrected chi connectivity index (χ4v) is 2.15. The number of allylic oxidation sites excluding steroid dienone is 4. The molecular weight excluding hydrogens is 228 g/mol. The third kappa shape index (κ3) is 1.64. The molecule has 0 N–H and O–H groups in total. The van der Waals surface area contributed by atoms with Gasteiger partial charge in [0.2, 0.25) is 0 Å². The van der Waals surface area contributed by atoms with Crippen LogP contribution in [0.25, 0.3) is 16.5 Å². The number of fused-ring (bicyclic) bond motifs is 1. The van der Waals surface area contributed by atoms with Crippen molar-refractivity contribution in [1.29, 1.82) is 0 Å². The number of hydrogen-bond donors (Lipinski definition) is 0. The molecule has 1 heterocycles. The minimum absolute atomic E-state index is 0.588. The average Bonchev–Trinajstić information content (AvgIpc) is 3.05. The zero-order valence-corrected chi connectivity index (χ0v) is 9.97. The number of methoxy groups -OCH3 is 1. The Balaban J connectivity index is 2.18. The van der Waals surface area contributed by atoms with E-state index < -0.39 is 0 Å². The number of carbonyl (C=O) groups is 1. The lowest BCUT2D eigenvalue weighted by Crippen LogP contribution is -1.86. The predicted molar refractivity (Wildman–Crippen MR) is 69.9 cm³/mol. The summed E-state index contributed by atoms with van der Waals surface area (Å²) in [4.78, 5) is 10.9. The molecule has 0 atom stereocenters. The Morgan fingerprint density at radius 1 is 1.33 bits per heavy atom. The van der Waals surface area contributed by atoms with Gasteiger partial charge in [0.1, 0.15) is 12.0 Å². The molecule has 90 valence electrons. The number of hydrogen-bond acceptors (Lipinski definition) is 3. The topological polar surface area (TPSA) is 39.4 Å². The van der Waals surface area contributed by atoms with Crippen LogP contribution in [0.2, 0.25) is 0 Å². The second-order valence-corrected chi connectivity index (χ2v) is 4.19. The number of ether oxygens (including phenoxy) is 1. The van der Waals surface area contributed by atoms with E-state index in [0.717, 1.165) is 29.4 Å². The first-order valence-electron chi connectivity index (χ1n) is 5.74. The lowest BCUT2D eigenvalue weighted by atomic mass is 10.1. The van der Waals surface area contributed by atoms with Crippen LogP contribution in [-0.2, 0) is 0 Å². The SMILES string of the molecule is COc1cc(C=O)cc2cc(C3=CC=CC3)oc12. The highest BCUT2D eigenvalue weighted by Crippen LogP contribution is 2.34. The molecule has 0 spiro atoms. The summed E-state index contributed by atoms with van der Waals surface area (Å²) < 4.78 is 11.1. The van der Waals surface area contributed by atoms with Crippen LogP contribution in [0.5, 0.6) is 5.75 Å². The van der Waals surface area contributed by atoms with Crippen LogP contribution in [-0.4, -0.2) is 13.4 Å². The Morgan fingerprint density at radius 3 is 2.89 bits per heavy atom. The summed E-state index contributed by atoms with van der Waals surface area (Å²) in [6.45, 7) is 0. The lowest BCUT2D eigenvalue weighted by Gasteiger charge is -2.01. The molecule has 0 aliphatic heterocycles. The Hall–Kier alpha value is -2.29. The van der Waals surface area contributed by atoms with Crippen LogP contribution < -0.4 is 4.74 Å². The molecule has 0 amide bonds. The van der Waals surface area contributed by atoms with Crippen molar-refractivity contribution in [2.75, 3.05) is 7.11 Å². The maximum absolute atomic E-state index is 10.9. The molecular formula is C15H12O3. The van der Waals surface area contributed by atoms with Gasteiger partial charge in [-0.2, -0.15) is 0 Å². The van der Waals surface area contributed by atoms with Crippen molar-refractivity contribution in [1.82, 2.24) is 0 Å². The smallest absolute Gasteiger partial charge is 0.176 e. The summed E-state index contributed by atoms with van der Waals surface area (Å²) in [5.74, 6) is 1.42. The standard InChI is InChI=1S/C15H12O3/c1-17-14-7-10(9-16)6-12-8-13(18-15(12)14)11-4-2-3-5-11/h2-4,6-9H,5H2,1H3. The molecule has 0 unspecified atom stereocenters. The van der Waals surface area contributed by atoms with Gasteiger partial charge >= 0.3 is 0 Å². The lowest BCUT2D eigenvalue weighted by molar-refractivity contribution is 0.112. The van der Waals surface area contributed by atoms with Gasteiger partial charge in [-0.3, -0.25) is 4.79 Å². The average molecular weight is 240 g/mol. The van der Waals surface area contributed by atoms with Gasteiger partial charge in [0.15, 0.2) is 11.3 Å². The van der Waals surface area contributed by atoms with Crippen LogP contribution >= 0.6 is 0 Å². The maximum atomic E-state index is 10.9. The largest absolute Gasteiger partial charge is 0.493 e. The van der Waals surface area contributed by atoms with Gasteiger partial charge in [-0.15, -0.1) is 0 Å². The van der Waals surface area contributed by atoms with E-state index in [1.165, 1.54) is 0 Å². The minimum Gasteiger partial charge on any atom is -0.493 e. The van der Waals surface area contributed by atoms with E-state index in [1.807, 2.05) is 18.2 Å². The third-order valence-electron chi connectivity index (χ3n) is 3.05. The molecule has 1 aliphatic carbocycles. The molecule has 0 bridgehead atoms. The quantitative estimate of drug-likeness (QED) is 0.769. The van der Waals surface area contributed by atoms with Gasteiger partial charge in [-0.1, -0.05) is 18.2 Å². The molecule has 3 rings (SSSR count). The molecule has 1 aromatic heterocycles.